The summed E-state index contributed by atoms with van der Waals surface area (Å²) >= 11 is 0. The van der Waals surface area contributed by atoms with Crippen LogP contribution in [0.4, 0.5) is 18.9 Å². The molecule has 152 valence electrons. The standard InChI is InChI=1S/C20H17F3N2O3S/c1-24-11-12(8-17(23)20(24)26)15-10-14(25(2)29(3)27)5-7-18(15)28-19-6-4-13(21)9-16(19)22/h4-11H,1-3H3. The molecule has 5 nitrogen and oxygen atoms in total. The molecule has 0 spiro atoms. The molecule has 3 rings (SSSR count). The van der Waals surface area contributed by atoms with Crippen molar-refractivity contribution < 1.29 is 22.1 Å². The van der Waals surface area contributed by atoms with Crippen LogP contribution in [0.2, 0.25) is 0 Å². The lowest BCUT2D eigenvalue weighted by molar-refractivity contribution is 0.439. The van der Waals surface area contributed by atoms with E-state index in [1.54, 1.807) is 19.2 Å². The monoisotopic (exact) mass is 422 g/mol. The fraction of sp³-hybridized carbons (Fsp3) is 0.150. The van der Waals surface area contributed by atoms with Crippen LogP contribution in [0.1, 0.15) is 0 Å². The summed E-state index contributed by atoms with van der Waals surface area (Å²) in [5.41, 5.74) is 0.350. The highest BCUT2D eigenvalue weighted by Crippen LogP contribution is 2.37. The summed E-state index contributed by atoms with van der Waals surface area (Å²) in [7, 11) is 1.68. The molecule has 0 bridgehead atoms. The fourth-order valence-corrected chi connectivity index (χ4v) is 3.08. The van der Waals surface area contributed by atoms with Crippen LogP contribution in [0.15, 0.2) is 53.5 Å². The van der Waals surface area contributed by atoms with Crippen molar-refractivity contribution in [3.8, 4) is 22.6 Å². The number of rotatable bonds is 5. The Bertz CT molecular complexity index is 1140. The number of nitrogens with zero attached hydrogens (tertiary/aromatic N) is 2. The predicted octanol–water partition coefficient (Wildman–Crippen LogP) is 3.99. The molecule has 0 amide bonds. The van der Waals surface area contributed by atoms with Gasteiger partial charge in [0.15, 0.2) is 17.4 Å². The van der Waals surface area contributed by atoms with Gasteiger partial charge in [0, 0.05) is 49.4 Å². The summed E-state index contributed by atoms with van der Waals surface area (Å²) in [5, 5.41) is 0. The number of halogens is 3. The quantitative estimate of drug-likeness (QED) is 0.625. The zero-order valence-corrected chi connectivity index (χ0v) is 16.6. The van der Waals surface area contributed by atoms with Crippen molar-refractivity contribution in [1.29, 1.82) is 0 Å². The first-order valence-corrected chi connectivity index (χ1v) is 9.89. The molecule has 0 radical (unpaired) electrons. The Morgan fingerprint density at radius 2 is 1.69 bits per heavy atom. The minimum absolute atomic E-state index is 0.146. The Labute approximate surface area is 167 Å². The maximum atomic E-state index is 14.0. The van der Waals surface area contributed by atoms with Crippen LogP contribution in [0.3, 0.4) is 0 Å². The van der Waals surface area contributed by atoms with Gasteiger partial charge in [0.25, 0.3) is 5.56 Å². The molecule has 1 aromatic heterocycles. The van der Waals surface area contributed by atoms with E-state index in [1.165, 1.54) is 29.9 Å². The highest BCUT2D eigenvalue weighted by molar-refractivity contribution is 7.85. The number of pyridine rings is 1. The Morgan fingerprint density at radius 1 is 1.00 bits per heavy atom. The lowest BCUT2D eigenvalue weighted by Gasteiger charge is -2.19. The molecule has 1 heterocycles. The number of hydrogen-bond acceptors (Lipinski definition) is 3. The van der Waals surface area contributed by atoms with Gasteiger partial charge in [0.2, 0.25) is 0 Å². The molecule has 1 unspecified atom stereocenters. The molecule has 2 aromatic carbocycles. The van der Waals surface area contributed by atoms with E-state index in [-0.39, 0.29) is 11.5 Å². The molecule has 0 fully saturated rings. The van der Waals surface area contributed by atoms with Crippen LogP contribution in [-0.2, 0) is 18.0 Å². The van der Waals surface area contributed by atoms with Crippen molar-refractivity contribution in [2.75, 3.05) is 17.6 Å². The highest BCUT2D eigenvalue weighted by Gasteiger charge is 2.16. The van der Waals surface area contributed by atoms with Crippen LogP contribution in [0, 0.1) is 17.5 Å². The molecule has 0 aliphatic heterocycles. The Kier molecular flexibility index (Phi) is 5.78. The van der Waals surface area contributed by atoms with E-state index in [0.29, 0.717) is 22.9 Å². The van der Waals surface area contributed by atoms with E-state index in [1.807, 2.05) is 0 Å². The topological polar surface area (TPSA) is 51.5 Å². The number of benzene rings is 2. The van der Waals surface area contributed by atoms with E-state index in [4.69, 9.17) is 4.74 Å². The number of aryl methyl sites for hydroxylation is 1. The normalized spacial score (nSPS) is 11.9. The lowest BCUT2D eigenvalue weighted by Crippen LogP contribution is -2.20. The van der Waals surface area contributed by atoms with E-state index in [2.05, 4.69) is 0 Å². The van der Waals surface area contributed by atoms with Crippen molar-refractivity contribution in [3.63, 3.8) is 0 Å². The molecule has 0 saturated carbocycles. The van der Waals surface area contributed by atoms with Crippen LogP contribution in [0.25, 0.3) is 11.1 Å². The molecular weight excluding hydrogens is 405 g/mol. The minimum atomic E-state index is -1.33. The molecule has 29 heavy (non-hydrogen) atoms. The number of hydrogen-bond donors (Lipinski definition) is 0. The van der Waals surface area contributed by atoms with Crippen molar-refractivity contribution in [2.45, 2.75) is 0 Å². The van der Waals surface area contributed by atoms with E-state index < -0.39 is 34.0 Å². The third kappa shape index (κ3) is 4.34. The number of ether oxygens (including phenoxy) is 1. The van der Waals surface area contributed by atoms with Crippen LogP contribution >= 0.6 is 0 Å². The minimum Gasteiger partial charge on any atom is -0.454 e. The van der Waals surface area contributed by atoms with Gasteiger partial charge in [-0.2, -0.15) is 0 Å². The van der Waals surface area contributed by atoms with Gasteiger partial charge in [-0.1, -0.05) is 0 Å². The summed E-state index contributed by atoms with van der Waals surface area (Å²) in [6.07, 6.45) is 2.89. The molecule has 0 aliphatic rings. The van der Waals surface area contributed by atoms with Gasteiger partial charge in [-0.25, -0.2) is 17.4 Å². The van der Waals surface area contributed by atoms with Gasteiger partial charge in [-0.15, -0.1) is 0 Å². The van der Waals surface area contributed by atoms with Gasteiger partial charge in [0.05, 0.1) is 0 Å². The predicted molar refractivity (Wildman–Crippen MR) is 106 cm³/mol. The van der Waals surface area contributed by atoms with E-state index >= 15 is 0 Å². The third-order valence-corrected chi connectivity index (χ3v) is 5.26. The first-order chi connectivity index (χ1) is 13.7. The molecular formula is C20H17F3N2O3S. The summed E-state index contributed by atoms with van der Waals surface area (Å²) in [6, 6.07) is 8.59. The van der Waals surface area contributed by atoms with Crippen molar-refractivity contribution in [2.24, 2.45) is 7.05 Å². The van der Waals surface area contributed by atoms with Gasteiger partial charge in [-0.3, -0.25) is 9.10 Å². The van der Waals surface area contributed by atoms with E-state index in [0.717, 1.165) is 22.8 Å². The second-order valence-corrected chi connectivity index (χ2v) is 7.67. The second kappa shape index (κ2) is 8.12. The second-order valence-electron chi connectivity index (χ2n) is 6.27. The van der Waals surface area contributed by atoms with Crippen LogP contribution < -0.4 is 14.6 Å². The van der Waals surface area contributed by atoms with Crippen molar-refractivity contribution >= 4 is 16.7 Å². The van der Waals surface area contributed by atoms with Gasteiger partial charge < -0.3 is 9.30 Å². The smallest absolute Gasteiger partial charge is 0.286 e. The highest BCUT2D eigenvalue weighted by atomic mass is 32.2. The number of anilines is 1. The largest absolute Gasteiger partial charge is 0.454 e. The van der Waals surface area contributed by atoms with E-state index in [9.17, 15) is 22.2 Å². The zero-order chi connectivity index (χ0) is 21.3. The maximum Gasteiger partial charge on any atom is 0.286 e. The first-order valence-electron chi connectivity index (χ1n) is 8.38. The zero-order valence-electron chi connectivity index (χ0n) is 15.8. The molecule has 1 atom stereocenters. The molecule has 0 saturated heterocycles. The molecule has 0 N–H and O–H groups in total. The SMILES string of the molecule is CN(c1ccc(Oc2ccc(F)cc2F)c(-c2cc(F)c(=O)n(C)c2)c1)S(C)=O. The third-order valence-electron chi connectivity index (χ3n) is 4.28. The summed E-state index contributed by atoms with van der Waals surface area (Å²) in [6.45, 7) is 0. The Morgan fingerprint density at radius 3 is 2.31 bits per heavy atom. The van der Waals surface area contributed by atoms with Crippen LogP contribution in [0.5, 0.6) is 11.5 Å². The molecule has 3 aromatic rings. The Balaban J connectivity index is 2.17. The average molecular weight is 422 g/mol. The molecule has 0 aliphatic carbocycles. The first kappa shape index (κ1) is 20.7. The van der Waals surface area contributed by atoms with Crippen molar-refractivity contribution in [3.05, 3.63) is 76.5 Å². The summed E-state index contributed by atoms with van der Waals surface area (Å²) in [4.78, 5) is 11.7. The maximum absolute atomic E-state index is 14.0. The molecule has 9 heteroatoms. The van der Waals surface area contributed by atoms with Crippen molar-refractivity contribution in [1.82, 2.24) is 4.57 Å². The van der Waals surface area contributed by atoms with Gasteiger partial charge >= 0.3 is 0 Å². The Hall–Kier alpha value is -3.07. The fourth-order valence-electron chi connectivity index (χ4n) is 2.67. The summed E-state index contributed by atoms with van der Waals surface area (Å²) in [5.74, 6) is -2.71. The van der Waals surface area contributed by atoms with Gasteiger partial charge in [0.1, 0.15) is 22.6 Å². The van der Waals surface area contributed by atoms with Gasteiger partial charge in [-0.05, 0) is 36.4 Å². The van der Waals surface area contributed by atoms with Crippen LogP contribution in [-0.4, -0.2) is 22.1 Å². The lowest BCUT2D eigenvalue weighted by atomic mass is 10.1. The number of aromatic nitrogens is 1. The summed E-state index contributed by atoms with van der Waals surface area (Å²) < 4.78 is 61.2. The average Bonchev–Trinajstić information content (AvgIpc) is 2.67.